The second-order valence-corrected chi connectivity index (χ2v) is 9.19. The number of nitrogens with zero attached hydrogens (tertiary/aromatic N) is 1. The highest BCUT2D eigenvalue weighted by atomic mass is 32.2. The van der Waals surface area contributed by atoms with Crippen molar-refractivity contribution in [3.8, 4) is 0 Å². The zero-order valence-electron chi connectivity index (χ0n) is 16.1. The van der Waals surface area contributed by atoms with Crippen molar-refractivity contribution in [2.75, 3.05) is 12.3 Å². The fraction of sp³-hybridized carbons (Fsp3) is 0.364. The van der Waals surface area contributed by atoms with E-state index in [0.29, 0.717) is 17.8 Å². The van der Waals surface area contributed by atoms with Crippen molar-refractivity contribution in [3.05, 3.63) is 69.9 Å². The highest BCUT2D eigenvalue weighted by Gasteiger charge is 2.26. The van der Waals surface area contributed by atoms with Crippen LogP contribution in [0.2, 0.25) is 0 Å². The van der Waals surface area contributed by atoms with E-state index in [0.717, 1.165) is 35.5 Å². The number of aliphatic hydroxyl groups excluding tert-OH is 1. The second kappa shape index (κ2) is 10.6. The van der Waals surface area contributed by atoms with Crippen LogP contribution in [0.1, 0.15) is 33.0 Å². The standard InChI is InChI=1S/C22H25NO4S2/c24-18(15-16-5-2-1-3-6-16)9-8-17-12-14-28-22(27)23(17)13-4-7-19-10-11-20(29-19)21(25)26/h1-3,5-6,8-11,17-18,24H,4,7,12-15H2,(H,25,26). The van der Waals surface area contributed by atoms with E-state index in [1.807, 2.05) is 47.4 Å². The number of hydrogen-bond donors (Lipinski definition) is 2. The van der Waals surface area contributed by atoms with Crippen molar-refractivity contribution in [2.24, 2.45) is 0 Å². The number of benzene rings is 1. The van der Waals surface area contributed by atoms with E-state index in [4.69, 9.17) is 5.11 Å². The van der Waals surface area contributed by atoms with Crippen LogP contribution in [0, 0.1) is 0 Å². The molecule has 1 fully saturated rings. The number of thioether (sulfide) groups is 1. The maximum atomic E-state index is 12.4. The van der Waals surface area contributed by atoms with E-state index in [1.165, 1.54) is 23.1 Å². The van der Waals surface area contributed by atoms with Crippen molar-refractivity contribution in [2.45, 2.75) is 37.8 Å². The van der Waals surface area contributed by atoms with Crippen LogP contribution in [0.15, 0.2) is 54.6 Å². The van der Waals surface area contributed by atoms with Gasteiger partial charge >= 0.3 is 5.97 Å². The molecule has 7 heteroatoms. The van der Waals surface area contributed by atoms with Crippen molar-refractivity contribution < 1.29 is 19.8 Å². The van der Waals surface area contributed by atoms with Gasteiger partial charge in [-0.25, -0.2) is 4.79 Å². The Morgan fingerprint density at radius 1 is 1.24 bits per heavy atom. The number of carboxylic acid groups (broad SMARTS) is 1. The normalized spacial score (nSPS) is 18.3. The Balaban J connectivity index is 1.53. The fourth-order valence-electron chi connectivity index (χ4n) is 3.33. The summed E-state index contributed by atoms with van der Waals surface area (Å²) in [6, 6.07) is 13.3. The van der Waals surface area contributed by atoms with Gasteiger partial charge in [-0.3, -0.25) is 4.79 Å². The predicted octanol–water partition coefficient (Wildman–Crippen LogP) is 4.47. The van der Waals surface area contributed by atoms with Crippen molar-refractivity contribution in [3.63, 3.8) is 0 Å². The SMILES string of the molecule is O=C(O)c1ccc(CCCN2C(=O)SCCC2C=CC(O)Cc2ccccc2)s1. The summed E-state index contributed by atoms with van der Waals surface area (Å²) in [7, 11) is 0. The van der Waals surface area contributed by atoms with Crippen LogP contribution < -0.4 is 0 Å². The van der Waals surface area contributed by atoms with Gasteiger partial charge in [0, 0.05) is 23.6 Å². The van der Waals surface area contributed by atoms with Gasteiger partial charge in [-0.15, -0.1) is 11.3 Å². The minimum absolute atomic E-state index is 0.00732. The van der Waals surface area contributed by atoms with Gasteiger partial charge in [0.25, 0.3) is 5.24 Å². The van der Waals surface area contributed by atoms with Crippen LogP contribution in [0.5, 0.6) is 0 Å². The molecule has 0 saturated carbocycles. The third-order valence-electron chi connectivity index (χ3n) is 4.81. The summed E-state index contributed by atoms with van der Waals surface area (Å²) in [4.78, 5) is 26.6. The molecule has 1 saturated heterocycles. The summed E-state index contributed by atoms with van der Waals surface area (Å²) in [5.74, 6) is -0.116. The number of amides is 1. The minimum atomic E-state index is -0.900. The number of carboxylic acids is 1. The molecular weight excluding hydrogens is 406 g/mol. The summed E-state index contributed by atoms with van der Waals surface area (Å²) in [6.07, 6.45) is 6.13. The van der Waals surface area contributed by atoms with E-state index in [-0.39, 0.29) is 11.3 Å². The van der Waals surface area contributed by atoms with Crippen LogP contribution >= 0.6 is 23.1 Å². The zero-order valence-corrected chi connectivity index (χ0v) is 17.7. The average Bonchev–Trinajstić information content (AvgIpc) is 3.18. The molecule has 154 valence electrons. The quantitative estimate of drug-likeness (QED) is 0.573. The van der Waals surface area contributed by atoms with Gasteiger partial charge < -0.3 is 15.1 Å². The molecule has 1 amide bonds. The van der Waals surface area contributed by atoms with E-state index in [2.05, 4.69) is 0 Å². The molecule has 2 aromatic rings. The number of aromatic carboxylic acids is 1. The third-order valence-corrected chi connectivity index (χ3v) is 6.87. The van der Waals surface area contributed by atoms with Crippen molar-refractivity contribution in [1.82, 2.24) is 4.90 Å². The van der Waals surface area contributed by atoms with Gasteiger partial charge in [-0.1, -0.05) is 54.2 Å². The Bertz CT molecular complexity index is 850. The van der Waals surface area contributed by atoms with Crippen LogP contribution in [-0.2, 0) is 12.8 Å². The molecule has 1 aliphatic heterocycles. The molecule has 2 unspecified atom stereocenters. The molecule has 2 heterocycles. The molecule has 0 aliphatic carbocycles. The first-order valence-electron chi connectivity index (χ1n) is 9.68. The monoisotopic (exact) mass is 431 g/mol. The summed E-state index contributed by atoms with van der Waals surface area (Å²) >= 11 is 2.63. The molecule has 0 bridgehead atoms. The Morgan fingerprint density at radius 3 is 2.76 bits per heavy atom. The molecule has 1 aromatic heterocycles. The van der Waals surface area contributed by atoms with E-state index in [1.54, 1.807) is 12.1 Å². The van der Waals surface area contributed by atoms with E-state index in [9.17, 15) is 14.7 Å². The van der Waals surface area contributed by atoms with Gasteiger partial charge in [-0.05, 0) is 37.0 Å². The highest BCUT2D eigenvalue weighted by molar-refractivity contribution is 8.13. The molecule has 29 heavy (non-hydrogen) atoms. The summed E-state index contributed by atoms with van der Waals surface area (Å²) in [5.41, 5.74) is 1.08. The summed E-state index contributed by atoms with van der Waals surface area (Å²) in [6.45, 7) is 0.621. The molecule has 1 aliphatic rings. The molecule has 0 spiro atoms. The first-order valence-corrected chi connectivity index (χ1v) is 11.5. The zero-order chi connectivity index (χ0) is 20.6. The number of aryl methyl sites for hydroxylation is 1. The smallest absolute Gasteiger partial charge is 0.345 e. The molecule has 5 nitrogen and oxygen atoms in total. The molecule has 2 atom stereocenters. The summed E-state index contributed by atoms with van der Waals surface area (Å²) in [5, 5.41) is 19.4. The molecular formula is C22H25NO4S2. The Morgan fingerprint density at radius 2 is 2.03 bits per heavy atom. The average molecular weight is 432 g/mol. The first-order chi connectivity index (χ1) is 14.0. The lowest BCUT2D eigenvalue weighted by Gasteiger charge is -2.33. The lowest BCUT2D eigenvalue weighted by Crippen LogP contribution is -2.41. The predicted molar refractivity (Wildman–Crippen MR) is 118 cm³/mol. The number of aliphatic hydroxyl groups is 1. The third kappa shape index (κ3) is 6.45. The van der Waals surface area contributed by atoms with Crippen LogP contribution in [0.25, 0.3) is 0 Å². The van der Waals surface area contributed by atoms with Crippen LogP contribution in [0.3, 0.4) is 0 Å². The minimum Gasteiger partial charge on any atom is -0.477 e. The fourth-order valence-corrected chi connectivity index (χ4v) is 5.14. The van der Waals surface area contributed by atoms with Gasteiger partial charge in [-0.2, -0.15) is 0 Å². The van der Waals surface area contributed by atoms with Gasteiger partial charge in [0.05, 0.1) is 12.1 Å². The molecule has 2 N–H and O–H groups in total. The first kappa shape index (κ1) is 21.6. The van der Waals surface area contributed by atoms with Gasteiger partial charge in [0.2, 0.25) is 0 Å². The Hall–Kier alpha value is -2.09. The number of carbonyl (C=O) groups excluding carboxylic acids is 1. The Kier molecular flexibility index (Phi) is 7.91. The van der Waals surface area contributed by atoms with Gasteiger partial charge in [0.1, 0.15) is 4.88 Å². The number of rotatable bonds is 9. The topological polar surface area (TPSA) is 77.8 Å². The van der Waals surface area contributed by atoms with Crippen molar-refractivity contribution >= 4 is 34.3 Å². The van der Waals surface area contributed by atoms with Crippen LogP contribution in [-0.4, -0.2) is 50.8 Å². The van der Waals surface area contributed by atoms with Gasteiger partial charge in [0.15, 0.2) is 0 Å². The highest BCUT2D eigenvalue weighted by Crippen LogP contribution is 2.25. The number of thiophene rings is 1. The molecule has 3 rings (SSSR count). The Labute approximate surface area is 179 Å². The second-order valence-electron chi connectivity index (χ2n) is 6.98. The van der Waals surface area contributed by atoms with E-state index < -0.39 is 12.1 Å². The van der Waals surface area contributed by atoms with Crippen molar-refractivity contribution in [1.29, 1.82) is 0 Å². The number of carbonyl (C=O) groups is 2. The molecule has 0 radical (unpaired) electrons. The maximum absolute atomic E-state index is 12.4. The summed E-state index contributed by atoms with van der Waals surface area (Å²) < 4.78 is 0. The lowest BCUT2D eigenvalue weighted by molar-refractivity contribution is 0.0702. The largest absolute Gasteiger partial charge is 0.477 e. The van der Waals surface area contributed by atoms with Crippen LogP contribution in [0.4, 0.5) is 4.79 Å². The van der Waals surface area contributed by atoms with E-state index >= 15 is 0 Å². The number of hydrogen-bond acceptors (Lipinski definition) is 5. The lowest BCUT2D eigenvalue weighted by atomic mass is 10.1. The maximum Gasteiger partial charge on any atom is 0.345 e. The molecule has 1 aromatic carbocycles.